The van der Waals surface area contributed by atoms with E-state index in [1.807, 2.05) is 28.7 Å². The maximum atomic E-state index is 6.02. The van der Waals surface area contributed by atoms with Gasteiger partial charge in [0.25, 0.3) is 5.88 Å². The van der Waals surface area contributed by atoms with Crippen LogP contribution in [-0.4, -0.2) is 48.3 Å². The predicted octanol–water partition coefficient (Wildman–Crippen LogP) is 2.74. The van der Waals surface area contributed by atoms with Gasteiger partial charge in [0.05, 0.1) is 35.5 Å². The second-order valence-corrected chi connectivity index (χ2v) is 8.07. The van der Waals surface area contributed by atoms with Crippen molar-refractivity contribution in [3.63, 3.8) is 0 Å². The van der Waals surface area contributed by atoms with Crippen LogP contribution in [0, 0.1) is 6.92 Å². The summed E-state index contributed by atoms with van der Waals surface area (Å²) >= 11 is 0. The highest BCUT2D eigenvalue weighted by atomic mass is 16.5. The Morgan fingerprint density at radius 2 is 2.18 bits per heavy atom. The van der Waals surface area contributed by atoms with Crippen LogP contribution in [0.25, 0.3) is 11.0 Å². The zero-order valence-corrected chi connectivity index (χ0v) is 15.9. The number of aromatic nitrogens is 6. The molecule has 5 heterocycles. The highest BCUT2D eigenvalue weighted by Gasteiger charge is 2.48. The molecular formula is C19H23N7O2. The molecule has 1 atom stereocenters. The van der Waals surface area contributed by atoms with Crippen molar-refractivity contribution >= 4 is 22.7 Å². The highest BCUT2D eigenvalue weighted by molar-refractivity contribution is 5.78. The molecule has 1 spiro atoms. The van der Waals surface area contributed by atoms with E-state index in [1.54, 1.807) is 0 Å². The Kier molecular flexibility index (Phi) is 3.44. The molecule has 0 amide bonds. The van der Waals surface area contributed by atoms with E-state index in [1.165, 1.54) is 12.8 Å². The van der Waals surface area contributed by atoms with Crippen molar-refractivity contribution in [1.82, 2.24) is 29.5 Å². The van der Waals surface area contributed by atoms with E-state index in [2.05, 4.69) is 15.4 Å². The number of hydrogen-bond donors (Lipinski definition) is 1. The Morgan fingerprint density at radius 1 is 1.25 bits per heavy atom. The van der Waals surface area contributed by atoms with Gasteiger partial charge in [-0.1, -0.05) is 0 Å². The maximum Gasteiger partial charge on any atom is 0.256 e. The fraction of sp³-hybridized carbons (Fsp3) is 0.579. The van der Waals surface area contributed by atoms with Gasteiger partial charge in [-0.05, 0) is 32.6 Å². The number of ether oxygens (including phenoxy) is 2. The van der Waals surface area contributed by atoms with E-state index in [0.717, 1.165) is 54.8 Å². The molecule has 28 heavy (non-hydrogen) atoms. The highest BCUT2D eigenvalue weighted by Crippen LogP contribution is 2.49. The van der Waals surface area contributed by atoms with Gasteiger partial charge in [-0.2, -0.15) is 10.1 Å². The van der Waals surface area contributed by atoms with Crippen LogP contribution in [0.2, 0.25) is 0 Å². The van der Waals surface area contributed by atoms with Gasteiger partial charge in [-0.15, -0.1) is 5.10 Å². The van der Waals surface area contributed by atoms with Crippen LogP contribution >= 0.6 is 0 Å². The fourth-order valence-electron chi connectivity index (χ4n) is 4.30. The summed E-state index contributed by atoms with van der Waals surface area (Å²) < 4.78 is 15.9. The first-order valence-electron chi connectivity index (χ1n) is 10.0. The Morgan fingerprint density at radius 3 is 3.07 bits per heavy atom. The number of aryl methyl sites for hydroxylation is 2. The third kappa shape index (κ3) is 2.64. The largest absolute Gasteiger partial charge is 0.475 e. The number of fused-ring (bicyclic) bond motifs is 2. The quantitative estimate of drug-likeness (QED) is 0.693. The number of hydrogen-bond acceptors (Lipinski definition) is 7. The molecule has 0 radical (unpaired) electrons. The van der Waals surface area contributed by atoms with Crippen molar-refractivity contribution in [3.05, 3.63) is 18.1 Å². The van der Waals surface area contributed by atoms with Crippen LogP contribution < -0.4 is 10.1 Å². The third-order valence-electron chi connectivity index (χ3n) is 6.02. The van der Waals surface area contributed by atoms with Crippen molar-refractivity contribution in [2.45, 2.75) is 57.2 Å². The van der Waals surface area contributed by atoms with Crippen molar-refractivity contribution in [2.24, 2.45) is 0 Å². The maximum absolute atomic E-state index is 6.02. The van der Waals surface area contributed by atoms with E-state index in [0.29, 0.717) is 24.5 Å². The molecule has 3 aromatic heterocycles. The van der Waals surface area contributed by atoms with Gasteiger partial charge in [-0.25, -0.2) is 9.67 Å². The van der Waals surface area contributed by atoms with E-state index in [4.69, 9.17) is 19.6 Å². The molecule has 9 heteroatoms. The van der Waals surface area contributed by atoms with Gasteiger partial charge in [0, 0.05) is 25.8 Å². The van der Waals surface area contributed by atoms with Crippen molar-refractivity contribution in [2.75, 3.05) is 18.5 Å². The minimum absolute atomic E-state index is 0.106. The lowest BCUT2D eigenvalue weighted by molar-refractivity contribution is -0.0270. The fourth-order valence-corrected chi connectivity index (χ4v) is 4.30. The first-order valence-corrected chi connectivity index (χ1v) is 10.0. The van der Waals surface area contributed by atoms with Crippen LogP contribution in [0.3, 0.4) is 0 Å². The molecule has 1 aliphatic carbocycles. The first kappa shape index (κ1) is 16.3. The van der Waals surface area contributed by atoms with Gasteiger partial charge >= 0.3 is 0 Å². The third-order valence-corrected chi connectivity index (χ3v) is 6.02. The molecule has 2 fully saturated rings. The van der Waals surface area contributed by atoms with E-state index < -0.39 is 0 Å². The van der Waals surface area contributed by atoms with E-state index >= 15 is 0 Å². The lowest BCUT2D eigenvalue weighted by Gasteiger charge is -2.29. The Labute approximate surface area is 162 Å². The lowest BCUT2D eigenvalue weighted by atomic mass is 10.0. The molecule has 2 aliphatic heterocycles. The van der Waals surface area contributed by atoms with Crippen LogP contribution in [-0.2, 0) is 11.3 Å². The van der Waals surface area contributed by atoms with Crippen LogP contribution in [0.5, 0.6) is 5.88 Å². The van der Waals surface area contributed by atoms with Crippen LogP contribution in [0.1, 0.15) is 43.8 Å². The minimum atomic E-state index is 0.106. The Bertz CT molecular complexity index is 1050. The predicted molar refractivity (Wildman–Crippen MR) is 102 cm³/mol. The monoisotopic (exact) mass is 381 g/mol. The molecule has 3 aliphatic rings. The number of anilines is 2. The average molecular weight is 381 g/mol. The van der Waals surface area contributed by atoms with Crippen LogP contribution in [0.15, 0.2) is 12.4 Å². The zero-order valence-electron chi connectivity index (χ0n) is 15.9. The summed E-state index contributed by atoms with van der Waals surface area (Å²) in [7, 11) is 0. The van der Waals surface area contributed by atoms with Gasteiger partial charge in [-0.3, -0.25) is 4.68 Å². The molecule has 1 unspecified atom stereocenters. The molecule has 1 saturated carbocycles. The molecule has 9 nitrogen and oxygen atoms in total. The molecule has 2 bridgehead atoms. The zero-order chi connectivity index (χ0) is 18.7. The minimum Gasteiger partial charge on any atom is -0.475 e. The van der Waals surface area contributed by atoms with Gasteiger partial charge in [0.2, 0.25) is 5.95 Å². The topological polar surface area (TPSA) is 91.9 Å². The standard InChI is InChI=1S/C19H23N7O2/c1-12-14-10-20-18-21-15-11-26(13-3-8-28-19(9-13)4-5-19)24-17(15)27-7-2-6-25(23-12)16(14)22-18/h10-11,13H,2-9H2,1H3,(H,20,21,22). The van der Waals surface area contributed by atoms with E-state index in [9.17, 15) is 0 Å². The van der Waals surface area contributed by atoms with Gasteiger partial charge in [0.1, 0.15) is 5.69 Å². The summed E-state index contributed by atoms with van der Waals surface area (Å²) in [6.07, 6.45) is 9.03. The van der Waals surface area contributed by atoms with E-state index in [-0.39, 0.29) is 5.60 Å². The number of nitrogens with zero attached hydrogens (tertiary/aromatic N) is 6. The molecule has 1 N–H and O–H groups in total. The number of nitrogens with one attached hydrogen (secondary N) is 1. The molecule has 1 saturated heterocycles. The first-order chi connectivity index (χ1) is 13.7. The summed E-state index contributed by atoms with van der Waals surface area (Å²) in [5.74, 6) is 1.14. The molecule has 3 aromatic rings. The van der Waals surface area contributed by atoms with Crippen molar-refractivity contribution in [3.8, 4) is 5.88 Å². The average Bonchev–Trinajstić information content (AvgIpc) is 3.19. The summed E-state index contributed by atoms with van der Waals surface area (Å²) in [4.78, 5) is 9.17. The molecular weight excluding hydrogens is 358 g/mol. The summed E-state index contributed by atoms with van der Waals surface area (Å²) in [5, 5.41) is 13.6. The summed E-state index contributed by atoms with van der Waals surface area (Å²) in [6, 6.07) is 0.342. The Balaban J connectivity index is 1.36. The second kappa shape index (κ2) is 5.91. The van der Waals surface area contributed by atoms with Gasteiger partial charge < -0.3 is 14.8 Å². The van der Waals surface area contributed by atoms with Gasteiger partial charge in [0.15, 0.2) is 5.65 Å². The van der Waals surface area contributed by atoms with Crippen molar-refractivity contribution < 1.29 is 9.47 Å². The van der Waals surface area contributed by atoms with Crippen molar-refractivity contribution in [1.29, 1.82) is 0 Å². The smallest absolute Gasteiger partial charge is 0.256 e. The molecule has 6 rings (SSSR count). The van der Waals surface area contributed by atoms with Crippen LogP contribution in [0.4, 0.5) is 11.6 Å². The second-order valence-electron chi connectivity index (χ2n) is 8.07. The summed E-state index contributed by atoms with van der Waals surface area (Å²) in [6.45, 7) is 4.11. The SMILES string of the molecule is Cc1nn2c3nc(ncc13)Nc1cn(C3CCOC4(CC4)C3)nc1OCCC2. The normalized spacial score (nSPS) is 23.1. The molecule has 146 valence electrons. The summed E-state index contributed by atoms with van der Waals surface area (Å²) in [5.41, 5.74) is 2.71. The Hall–Kier alpha value is -2.68. The lowest BCUT2D eigenvalue weighted by Crippen LogP contribution is -2.29. The number of rotatable bonds is 1. The molecule has 0 aromatic carbocycles.